The quantitative estimate of drug-likeness (QED) is 0.551. The van der Waals surface area contributed by atoms with Crippen LogP contribution in [0.2, 0.25) is 0 Å². The van der Waals surface area contributed by atoms with Crippen LogP contribution in [-0.4, -0.2) is 41.9 Å². The predicted molar refractivity (Wildman–Crippen MR) is 124 cm³/mol. The van der Waals surface area contributed by atoms with Crippen molar-refractivity contribution >= 4 is 5.91 Å². The minimum Gasteiger partial charge on any atom is -0.489 e. The number of carbonyl (C=O) groups excluding carboxylic acids is 1. The number of rotatable bonds is 6. The summed E-state index contributed by atoms with van der Waals surface area (Å²) in [7, 11) is 0. The van der Waals surface area contributed by atoms with E-state index in [-0.39, 0.29) is 11.7 Å². The van der Waals surface area contributed by atoms with Gasteiger partial charge in [0.05, 0.1) is 0 Å². The first-order chi connectivity index (χ1) is 15.5. The van der Waals surface area contributed by atoms with Crippen LogP contribution in [0.5, 0.6) is 5.75 Å². The zero-order chi connectivity index (χ0) is 22.5. The van der Waals surface area contributed by atoms with Gasteiger partial charge in [-0.25, -0.2) is 4.39 Å². The molecule has 5 heteroatoms. The smallest absolute Gasteiger partial charge is 0.253 e. The second-order valence-electron chi connectivity index (χ2n) is 8.45. The van der Waals surface area contributed by atoms with Gasteiger partial charge in [0.25, 0.3) is 5.91 Å². The lowest BCUT2D eigenvalue weighted by Crippen LogP contribution is -2.48. The molecule has 1 saturated heterocycles. The molecule has 0 N–H and O–H groups in total. The van der Waals surface area contributed by atoms with Gasteiger partial charge in [-0.3, -0.25) is 9.69 Å². The molecule has 1 heterocycles. The summed E-state index contributed by atoms with van der Waals surface area (Å²) in [6.07, 6.45) is 0. The minimum atomic E-state index is -0.217. The van der Waals surface area contributed by atoms with Crippen LogP contribution in [0.1, 0.15) is 32.6 Å². The van der Waals surface area contributed by atoms with E-state index in [2.05, 4.69) is 17.0 Å². The number of nitrogens with zero attached hydrogens (tertiary/aromatic N) is 2. The van der Waals surface area contributed by atoms with Crippen molar-refractivity contribution in [1.82, 2.24) is 9.80 Å². The van der Waals surface area contributed by atoms with Crippen LogP contribution in [-0.2, 0) is 13.2 Å². The van der Waals surface area contributed by atoms with Gasteiger partial charge >= 0.3 is 0 Å². The number of halogens is 1. The van der Waals surface area contributed by atoms with E-state index in [1.807, 2.05) is 61.2 Å². The van der Waals surface area contributed by atoms with Crippen molar-refractivity contribution < 1.29 is 13.9 Å². The van der Waals surface area contributed by atoms with Gasteiger partial charge in [-0.2, -0.15) is 0 Å². The number of amides is 1. The third-order valence-corrected chi connectivity index (χ3v) is 5.89. The molecular weight excluding hydrogens is 403 g/mol. The average molecular weight is 433 g/mol. The van der Waals surface area contributed by atoms with Crippen molar-refractivity contribution in [2.45, 2.75) is 27.0 Å². The minimum absolute atomic E-state index is 0.0556. The van der Waals surface area contributed by atoms with Crippen LogP contribution in [0.15, 0.2) is 66.7 Å². The van der Waals surface area contributed by atoms with Crippen LogP contribution >= 0.6 is 0 Å². The summed E-state index contributed by atoms with van der Waals surface area (Å²) in [5.74, 6) is 0.713. The molecule has 0 bridgehead atoms. The van der Waals surface area contributed by atoms with Gasteiger partial charge in [0.1, 0.15) is 18.2 Å². The zero-order valence-electron chi connectivity index (χ0n) is 18.7. The lowest BCUT2D eigenvalue weighted by molar-refractivity contribution is 0.0628. The van der Waals surface area contributed by atoms with Gasteiger partial charge in [0.2, 0.25) is 0 Å². The van der Waals surface area contributed by atoms with Gasteiger partial charge in [-0.05, 0) is 66.4 Å². The fourth-order valence-corrected chi connectivity index (χ4v) is 3.96. The highest BCUT2D eigenvalue weighted by molar-refractivity contribution is 5.94. The molecule has 3 aromatic carbocycles. The first kappa shape index (κ1) is 22.0. The molecule has 166 valence electrons. The molecule has 0 unspecified atom stereocenters. The van der Waals surface area contributed by atoms with Crippen molar-refractivity contribution in [2.24, 2.45) is 0 Å². The molecule has 32 heavy (non-hydrogen) atoms. The van der Waals surface area contributed by atoms with E-state index in [4.69, 9.17) is 4.74 Å². The number of benzene rings is 3. The van der Waals surface area contributed by atoms with Gasteiger partial charge in [0, 0.05) is 38.3 Å². The molecule has 4 rings (SSSR count). The van der Waals surface area contributed by atoms with Crippen LogP contribution in [0.25, 0.3) is 0 Å². The number of ether oxygens (including phenoxy) is 1. The zero-order valence-corrected chi connectivity index (χ0v) is 18.7. The SMILES string of the molecule is Cc1ccc(C)c(OCc2cccc(C(=O)N3CCN(Cc4ccc(F)cc4)CC3)c2)c1. The summed E-state index contributed by atoms with van der Waals surface area (Å²) in [4.78, 5) is 17.3. The number of carbonyl (C=O) groups is 1. The van der Waals surface area contributed by atoms with Crippen molar-refractivity contribution in [3.63, 3.8) is 0 Å². The number of hydrogen-bond donors (Lipinski definition) is 0. The largest absolute Gasteiger partial charge is 0.489 e. The van der Waals surface area contributed by atoms with E-state index >= 15 is 0 Å². The molecule has 1 amide bonds. The molecule has 1 aliphatic heterocycles. The van der Waals surface area contributed by atoms with E-state index in [1.165, 1.54) is 12.1 Å². The Morgan fingerprint density at radius 3 is 2.41 bits per heavy atom. The lowest BCUT2D eigenvalue weighted by atomic mass is 10.1. The lowest BCUT2D eigenvalue weighted by Gasteiger charge is -2.34. The molecule has 0 radical (unpaired) electrons. The second-order valence-corrected chi connectivity index (χ2v) is 8.45. The highest BCUT2D eigenvalue weighted by atomic mass is 19.1. The fraction of sp³-hybridized carbons (Fsp3) is 0.296. The van der Waals surface area contributed by atoms with E-state index in [0.29, 0.717) is 25.3 Å². The Bertz CT molecular complexity index is 1070. The Hall–Kier alpha value is -3.18. The van der Waals surface area contributed by atoms with Crippen LogP contribution in [0, 0.1) is 19.7 Å². The maximum atomic E-state index is 13.1. The summed E-state index contributed by atoms with van der Waals surface area (Å²) < 4.78 is 19.1. The van der Waals surface area contributed by atoms with Gasteiger partial charge in [-0.1, -0.05) is 36.4 Å². The van der Waals surface area contributed by atoms with Crippen LogP contribution in [0.3, 0.4) is 0 Å². The summed E-state index contributed by atoms with van der Waals surface area (Å²) in [6, 6.07) is 20.5. The maximum Gasteiger partial charge on any atom is 0.253 e. The van der Waals surface area contributed by atoms with E-state index < -0.39 is 0 Å². The fourth-order valence-electron chi connectivity index (χ4n) is 3.96. The Kier molecular flexibility index (Phi) is 6.86. The maximum absolute atomic E-state index is 13.1. The second kappa shape index (κ2) is 9.96. The van der Waals surface area contributed by atoms with E-state index in [0.717, 1.165) is 47.6 Å². The third-order valence-electron chi connectivity index (χ3n) is 5.89. The molecule has 3 aromatic rings. The van der Waals surface area contributed by atoms with Crippen LogP contribution in [0.4, 0.5) is 4.39 Å². The third kappa shape index (κ3) is 5.54. The van der Waals surface area contributed by atoms with Crippen molar-refractivity contribution in [3.8, 4) is 5.75 Å². The molecular formula is C27H29FN2O2. The molecule has 4 nitrogen and oxygen atoms in total. The van der Waals surface area contributed by atoms with E-state index in [9.17, 15) is 9.18 Å². The Labute approximate surface area is 189 Å². The Morgan fingerprint density at radius 1 is 0.906 bits per heavy atom. The molecule has 0 spiro atoms. The van der Waals surface area contributed by atoms with Crippen molar-refractivity contribution in [2.75, 3.05) is 26.2 Å². The highest BCUT2D eigenvalue weighted by Gasteiger charge is 2.22. The molecule has 1 aliphatic rings. The summed E-state index contributed by atoms with van der Waals surface area (Å²) in [6.45, 7) is 8.25. The molecule has 1 fully saturated rings. The van der Waals surface area contributed by atoms with Crippen LogP contribution < -0.4 is 4.74 Å². The topological polar surface area (TPSA) is 32.8 Å². The summed E-state index contributed by atoms with van der Waals surface area (Å²) in [5.41, 5.74) is 5.02. The predicted octanol–water partition coefficient (Wildman–Crippen LogP) is 4.98. The number of hydrogen-bond acceptors (Lipinski definition) is 3. The molecule has 0 aliphatic carbocycles. The highest BCUT2D eigenvalue weighted by Crippen LogP contribution is 2.21. The van der Waals surface area contributed by atoms with E-state index in [1.54, 1.807) is 0 Å². The van der Waals surface area contributed by atoms with Crippen molar-refractivity contribution in [3.05, 3.63) is 100 Å². The normalized spacial score (nSPS) is 14.4. The van der Waals surface area contributed by atoms with Gasteiger partial charge < -0.3 is 9.64 Å². The molecule has 0 aromatic heterocycles. The molecule has 0 saturated carbocycles. The Balaban J connectivity index is 1.32. The summed E-state index contributed by atoms with van der Waals surface area (Å²) in [5, 5.41) is 0. The standard InChI is InChI=1S/C27H29FN2O2/c1-20-6-7-21(2)26(16-20)32-19-23-4-3-5-24(17-23)27(31)30-14-12-29(13-15-30)18-22-8-10-25(28)11-9-22/h3-11,16-17H,12-15,18-19H2,1-2H3. The Morgan fingerprint density at radius 2 is 1.66 bits per heavy atom. The molecule has 0 atom stereocenters. The number of aryl methyl sites for hydroxylation is 2. The monoisotopic (exact) mass is 432 g/mol. The van der Waals surface area contributed by atoms with Gasteiger partial charge in [-0.15, -0.1) is 0 Å². The van der Waals surface area contributed by atoms with Gasteiger partial charge in [0.15, 0.2) is 0 Å². The summed E-state index contributed by atoms with van der Waals surface area (Å²) >= 11 is 0. The first-order valence-electron chi connectivity index (χ1n) is 11.0. The average Bonchev–Trinajstić information content (AvgIpc) is 2.81. The van der Waals surface area contributed by atoms with Crippen molar-refractivity contribution in [1.29, 1.82) is 0 Å². The first-order valence-corrected chi connectivity index (χ1v) is 11.0. The number of piperazine rings is 1.